The Bertz CT molecular complexity index is 1820. The average Bonchev–Trinajstić information content (AvgIpc) is 3.56. The zero-order valence-corrected chi connectivity index (χ0v) is 25.2. The van der Waals surface area contributed by atoms with E-state index >= 15 is 0 Å². The highest BCUT2D eigenvalue weighted by Crippen LogP contribution is 2.35. The number of rotatable bonds is 2. The van der Waals surface area contributed by atoms with Crippen molar-refractivity contribution < 1.29 is 4.58 Å². The van der Waals surface area contributed by atoms with Crippen molar-refractivity contribution in [1.82, 2.24) is 9.55 Å². The first-order valence-electron chi connectivity index (χ1n) is 10.6. The number of allylic oxidation sites excluding steroid dienone is 5. The summed E-state index contributed by atoms with van der Waals surface area (Å²) in [6.45, 7) is 4.17. The SMILES string of the molecule is CC1=C2C=CC(=N2)C(C)=c2ccc([nH]2)=C([S-](=S)=S)C2=[N+](C)C(=C(S(=S)(=S)S)c3cc1cn3C)C=C2. The molecule has 8 bridgehead atoms. The fourth-order valence-corrected chi connectivity index (χ4v) is 8.73. The van der Waals surface area contributed by atoms with E-state index in [4.69, 9.17) is 61.4 Å². The Balaban J connectivity index is 1.99. The summed E-state index contributed by atoms with van der Waals surface area (Å²) in [6.07, 6.45) is 8.08. The predicted octanol–water partition coefficient (Wildman–Crippen LogP) is 2.87. The third kappa shape index (κ3) is 4.35. The predicted molar refractivity (Wildman–Crippen MR) is 168 cm³/mol. The van der Waals surface area contributed by atoms with E-state index in [9.17, 15) is 0 Å². The molecule has 5 rings (SSSR count). The molecule has 4 nitrogen and oxygen atoms in total. The number of aryl methyl sites for hydroxylation is 1. The average molecular weight is 591 g/mol. The normalized spacial score (nSPS) is 18.1. The largest absolute Gasteiger partial charge is 0.356 e. The Morgan fingerprint density at radius 1 is 1.06 bits per heavy atom. The molecule has 0 spiro atoms. The van der Waals surface area contributed by atoms with Gasteiger partial charge in [0.1, 0.15) is 12.0 Å². The van der Waals surface area contributed by atoms with Crippen LogP contribution in [0, 0.1) is 0 Å². The standard InChI is InChI=1S/C24H21N4S7/c1-13-15-11-22(27(3)12-15)24(35(31,32)33)21-10-9-20(28(21)4)23(34(29)30)19-8-7-18(26-19)14(2)17-6-5-16(13)25-17/h5-12H,1-4H3,(H,31,32,33)/q-1/p+1. The molecule has 0 unspecified atom stereocenters. The molecule has 2 aromatic rings. The molecule has 2 aromatic heterocycles. The molecular weight excluding hydrogens is 569 g/mol. The number of hydrogen-bond acceptors (Lipinski definition) is 6. The second kappa shape index (κ2) is 9.13. The van der Waals surface area contributed by atoms with Crippen LogP contribution in [0.2, 0.25) is 0 Å². The van der Waals surface area contributed by atoms with Crippen LogP contribution in [0.25, 0.3) is 21.0 Å². The summed E-state index contributed by atoms with van der Waals surface area (Å²) >= 11 is 27.7. The highest BCUT2D eigenvalue weighted by molar-refractivity contribution is 8.96. The lowest BCUT2D eigenvalue weighted by atomic mass is 10.1. The number of likely N-dealkylation sites (N-methyl/N-ethyl adjacent to an activating group) is 1. The molecule has 5 heterocycles. The van der Waals surface area contributed by atoms with Gasteiger partial charge in [-0.25, -0.2) is 4.99 Å². The minimum atomic E-state index is -2.23. The first-order chi connectivity index (χ1) is 16.5. The van der Waals surface area contributed by atoms with Gasteiger partial charge < -0.3 is 17.6 Å². The van der Waals surface area contributed by atoms with Gasteiger partial charge in [-0.1, -0.05) is 11.7 Å². The van der Waals surface area contributed by atoms with Gasteiger partial charge in [-0.2, -0.15) is 4.58 Å². The molecule has 3 aliphatic rings. The zero-order chi connectivity index (χ0) is 25.2. The summed E-state index contributed by atoms with van der Waals surface area (Å²) in [5.74, 6) is 0. The lowest BCUT2D eigenvalue weighted by Gasteiger charge is -2.13. The van der Waals surface area contributed by atoms with E-state index < -0.39 is 14.2 Å². The van der Waals surface area contributed by atoms with Crippen LogP contribution in [-0.2, 0) is 66.0 Å². The first kappa shape index (κ1) is 25.2. The van der Waals surface area contributed by atoms with E-state index in [0.717, 1.165) is 65.7 Å². The second-order valence-corrected chi connectivity index (χ2v) is 20.1. The maximum atomic E-state index is 5.81. The summed E-state index contributed by atoms with van der Waals surface area (Å²) in [5, 5.41) is 1.90. The number of aliphatic imine (C=N–C) groups is 1. The van der Waals surface area contributed by atoms with E-state index in [2.05, 4.69) is 58.5 Å². The van der Waals surface area contributed by atoms with Crippen LogP contribution in [0.5, 0.6) is 0 Å². The van der Waals surface area contributed by atoms with Gasteiger partial charge in [-0.3, -0.25) is 22.4 Å². The highest BCUT2D eigenvalue weighted by atomic mass is 33.5. The summed E-state index contributed by atoms with van der Waals surface area (Å²) in [7, 11) is 3.18. The molecule has 0 aliphatic carbocycles. The molecule has 0 amide bonds. The van der Waals surface area contributed by atoms with Crippen molar-refractivity contribution in [1.29, 1.82) is 0 Å². The van der Waals surface area contributed by atoms with Crippen molar-refractivity contribution in [3.05, 3.63) is 82.0 Å². The molecule has 3 aliphatic heterocycles. The Morgan fingerprint density at radius 3 is 2.46 bits per heavy atom. The topological polar surface area (TPSA) is 36.1 Å². The molecule has 0 radical (unpaired) electrons. The molecule has 180 valence electrons. The van der Waals surface area contributed by atoms with Crippen molar-refractivity contribution in [3.63, 3.8) is 0 Å². The number of aromatic nitrogens is 2. The van der Waals surface area contributed by atoms with Gasteiger partial charge in [0.25, 0.3) is 0 Å². The van der Waals surface area contributed by atoms with Crippen LogP contribution in [0.15, 0.2) is 65.1 Å². The molecule has 0 saturated carbocycles. The van der Waals surface area contributed by atoms with E-state index in [1.807, 2.05) is 32.3 Å². The van der Waals surface area contributed by atoms with Gasteiger partial charge in [-0.15, -0.1) is 0 Å². The number of aromatic amines is 1. The van der Waals surface area contributed by atoms with E-state index in [0.29, 0.717) is 0 Å². The zero-order valence-electron chi connectivity index (χ0n) is 19.4. The monoisotopic (exact) mass is 590 g/mol. The number of thiol groups is 1. The van der Waals surface area contributed by atoms with Crippen molar-refractivity contribution >= 4 is 103 Å². The first-order valence-corrected chi connectivity index (χ1v) is 18.2. The number of fused-ring (bicyclic) bond motifs is 6. The Morgan fingerprint density at radius 2 is 1.77 bits per heavy atom. The van der Waals surface area contributed by atoms with Crippen molar-refractivity contribution in [2.75, 3.05) is 7.05 Å². The third-order valence-electron chi connectivity index (χ3n) is 6.43. The summed E-state index contributed by atoms with van der Waals surface area (Å²) in [6, 6.07) is 6.24. The fourth-order valence-electron chi connectivity index (χ4n) is 4.48. The Labute approximate surface area is 230 Å². The second-order valence-electron chi connectivity index (χ2n) is 8.51. The molecule has 0 fully saturated rings. The van der Waals surface area contributed by atoms with Crippen LogP contribution in [0.1, 0.15) is 25.1 Å². The van der Waals surface area contributed by atoms with Gasteiger partial charge in [0.15, 0.2) is 5.71 Å². The maximum absolute atomic E-state index is 5.81. The summed E-state index contributed by atoms with van der Waals surface area (Å²) < 4.78 is 4.17. The lowest BCUT2D eigenvalue weighted by Crippen LogP contribution is -2.23. The molecule has 0 atom stereocenters. The fraction of sp³-hybridized carbons (Fsp3) is 0.167. The van der Waals surface area contributed by atoms with Crippen LogP contribution in [0.3, 0.4) is 0 Å². The lowest BCUT2D eigenvalue weighted by molar-refractivity contribution is -0.431. The van der Waals surface area contributed by atoms with Gasteiger partial charge >= 0.3 is 0 Å². The van der Waals surface area contributed by atoms with Gasteiger partial charge in [0.05, 0.1) is 17.1 Å². The Kier molecular flexibility index (Phi) is 6.57. The maximum Gasteiger partial charge on any atom is 0.222 e. The highest BCUT2D eigenvalue weighted by Gasteiger charge is 2.29. The van der Waals surface area contributed by atoms with Crippen molar-refractivity contribution in [2.45, 2.75) is 13.8 Å². The van der Waals surface area contributed by atoms with E-state index in [-0.39, 0.29) is 0 Å². The van der Waals surface area contributed by atoms with Crippen LogP contribution in [-0.4, -0.2) is 32.6 Å². The van der Waals surface area contributed by atoms with Crippen LogP contribution < -0.4 is 10.7 Å². The molecule has 0 aromatic carbocycles. The molecule has 11 heteroatoms. The van der Waals surface area contributed by atoms with Crippen LogP contribution >= 0.6 is 11.7 Å². The van der Waals surface area contributed by atoms with Crippen molar-refractivity contribution in [2.24, 2.45) is 12.0 Å². The van der Waals surface area contributed by atoms with Crippen molar-refractivity contribution in [3.8, 4) is 0 Å². The summed E-state index contributed by atoms with van der Waals surface area (Å²) in [5.41, 5.74) is 7.89. The quantitative estimate of drug-likeness (QED) is 0.244. The number of H-pyrrole nitrogens is 1. The van der Waals surface area contributed by atoms with Gasteiger partial charge in [0, 0.05) is 36.1 Å². The van der Waals surface area contributed by atoms with E-state index in [1.54, 1.807) is 0 Å². The molecule has 0 saturated heterocycles. The van der Waals surface area contributed by atoms with Gasteiger partial charge in [-0.05, 0) is 94.4 Å². The molecule has 1 N–H and O–H groups in total. The number of hydrogen-bond donors (Lipinski definition) is 2. The van der Waals surface area contributed by atoms with Crippen LogP contribution in [0.4, 0.5) is 0 Å². The minimum Gasteiger partial charge on any atom is -0.356 e. The summed E-state index contributed by atoms with van der Waals surface area (Å²) in [4.78, 5) is 10.2. The molecule has 35 heavy (non-hydrogen) atoms. The third-order valence-corrected chi connectivity index (χ3v) is 10.7. The van der Waals surface area contributed by atoms with E-state index in [1.165, 1.54) is 0 Å². The number of nitrogens with zero attached hydrogens (tertiary/aromatic N) is 3. The number of nitrogens with one attached hydrogen (secondary N) is 1. The minimum absolute atomic E-state index is 0.839. The Hall–Kier alpha value is -1.47. The molecular formula is C24H22N4S7. The smallest absolute Gasteiger partial charge is 0.222 e. The van der Waals surface area contributed by atoms with Gasteiger partial charge in [0.2, 0.25) is 5.70 Å².